The highest BCUT2D eigenvalue weighted by atomic mass is 16.1. The predicted molar refractivity (Wildman–Crippen MR) is 48.9 cm³/mol. The van der Waals surface area contributed by atoms with Gasteiger partial charge in [0.1, 0.15) is 12.1 Å². The van der Waals surface area contributed by atoms with Gasteiger partial charge in [0.2, 0.25) is 0 Å². The lowest BCUT2D eigenvalue weighted by Gasteiger charge is -2.02. The third-order valence-corrected chi connectivity index (χ3v) is 1.76. The fourth-order valence-electron chi connectivity index (χ4n) is 0.809. The summed E-state index contributed by atoms with van der Waals surface area (Å²) < 4.78 is 0. The largest absolute Gasteiger partial charge is 0.299 e. The molecule has 0 aliphatic carbocycles. The highest BCUT2D eigenvalue weighted by molar-refractivity contribution is 5.80. The van der Waals surface area contributed by atoms with E-state index in [2.05, 4.69) is 0 Å². The molecule has 0 radical (unpaired) electrons. The molecule has 0 saturated heterocycles. The molecule has 0 atom stereocenters. The zero-order chi connectivity index (χ0) is 9.56. The molecule has 0 saturated carbocycles. The first kappa shape index (κ1) is 11.1. The van der Waals surface area contributed by atoms with E-state index in [1.807, 2.05) is 20.8 Å². The molecule has 0 rings (SSSR count). The fourth-order valence-corrected chi connectivity index (χ4v) is 0.809. The molecular weight excluding hydrogens is 152 g/mol. The lowest BCUT2D eigenvalue weighted by molar-refractivity contribution is -0.121. The smallest absolute Gasteiger partial charge is 0.142 e. The Bertz CT molecular complexity index is 190. The van der Waals surface area contributed by atoms with E-state index in [1.54, 1.807) is 0 Å². The molecule has 0 aliphatic rings. The number of Topliss-reactive ketones (excluding diaryl/α,β-unsaturated/α-hetero) is 1. The van der Waals surface area contributed by atoms with Crippen molar-refractivity contribution in [1.82, 2.24) is 0 Å². The second kappa shape index (κ2) is 5.70. The first-order valence-corrected chi connectivity index (χ1v) is 4.21. The minimum atomic E-state index is 0.106. The average Bonchev–Trinajstić information content (AvgIpc) is 2.00. The third-order valence-electron chi connectivity index (χ3n) is 1.76. The number of carbonyl (C=O) groups is 2. The van der Waals surface area contributed by atoms with Crippen LogP contribution in [0.4, 0.5) is 0 Å². The molecule has 2 nitrogen and oxygen atoms in total. The van der Waals surface area contributed by atoms with Crippen LogP contribution in [0.1, 0.15) is 33.6 Å². The molecule has 12 heavy (non-hydrogen) atoms. The molecule has 0 spiro atoms. The Balaban J connectivity index is 3.76. The minimum Gasteiger partial charge on any atom is -0.299 e. The second-order valence-corrected chi connectivity index (χ2v) is 3.27. The summed E-state index contributed by atoms with van der Waals surface area (Å²) in [6.45, 7) is 5.64. The number of allylic oxidation sites excluding steroid dienone is 2. The normalized spacial score (nSPS) is 11.8. The van der Waals surface area contributed by atoms with Gasteiger partial charge in [-0.2, -0.15) is 0 Å². The lowest BCUT2D eigenvalue weighted by Crippen LogP contribution is -2.06. The molecule has 0 heterocycles. The van der Waals surface area contributed by atoms with Crippen molar-refractivity contribution in [2.45, 2.75) is 33.6 Å². The molecule has 0 aromatic heterocycles. The van der Waals surface area contributed by atoms with Crippen LogP contribution in [0.2, 0.25) is 0 Å². The van der Waals surface area contributed by atoms with Crippen LogP contribution in [0, 0.1) is 5.92 Å². The van der Waals surface area contributed by atoms with Crippen molar-refractivity contribution >= 4 is 12.1 Å². The van der Waals surface area contributed by atoms with Gasteiger partial charge in [-0.25, -0.2) is 0 Å². The maximum absolute atomic E-state index is 11.1. The van der Waals surface area contributed by atoms with E-state index in [0.717, 1.165) is 11.9 Å². The summed E-state index contributed by atoms with van der Waals surface area (Å²) in [6, 6.07) is 0. The van der Waals surface area contributed by atoms with Gasteiger partial charge in [0, 0.05) is 12.3 Å². The van der Waals surface area contributed by atoms with E-state index in [9.17, 15) is 9.59 Å². The van der Waals surface area contributed by atoms with Gasteiger partial charge in [0.25, 0.3) is 0 Å². The number of ketones is 1. The molecule has 0 aromatic rings. The van der Waals surface area contributed by atoms with Gasteiger partial charge in [0.05, 0.1) is 0 Å². The van der Waals surface area contributed by atoms with Gasteiger partial charge < -0.3 is 0 Å². The van der Waals surface area contributed by atoms with Gasteiger partial charge in [-0.3, -0.25) is 9.59 Å². The Morgan fingerprint density at radius 3 is 2.33 bits per heavy atom. The van der Waals surface area contributed by atoms with Gasteiger partial charge in [-0.15, -0.1) is 0 Å². The van der Waals surface area contributed by atoms with Crippen LogP contribution < -0.4 is 0 Å². The van der Waals surface area contributed by atoms with Crippen LogP contribution in [0.5, 0.6) is 0 Å². The Kier molecular flexibility index (Phi) is 5.26. The van der Waals surface area contributed by atoms with Crippen molar-refractivity contribution in [2.24, 2.45) is 5.92 Å². The van der Waals surface area contributed by atoms with Crippen LogP contribution in [0.25, 0.3) is 0 Å². The molecule has 0 aliphatic heterocycles. The first-order chi connectivity index (χ1) is 5.57. The summed E-state index contributed by atoms with van der Waals surface area (Å²) in [4.78, 5) is 21.2. The lowest BCUT2D eigenvalue weighted by atomic mass is 10.0. The summed E-state index contributed by atoms with van der Waals surface area (Å²) in [5.41, 5.74) is 0.971. The van der Waals surface area contributed by atoms with Gasteiger partial charge in [-0.05, 0) is 19.4 Å². The van der Waals surface area contributed by atoms with Crippen molar-refractivity contribution in [1.29, 1.82) is 0 Å². The zero-order valence-electron chi connectivity index (χ0n) is 7.96. The molecule has 68 valence electrons. The molecule has 0 fully saturated rings. The summed E-state index contributed by atoms with van der Waals surface area (Å²) in [5, 5.41) is 0. The van der Waals surface area contributed by atoms with E-state index in [1.165, 1.54) is 6.08 Å². The SMILES string of the molecule is CC(=CC=O)CCC(=O)C(C)C. The van der Waals surface area contributed by atoms with Crippen molar-refractivity contribution < 1.29 is 9.59 Å². The molecule has 0 amide bonds. The number of aldehydes is 1. The Morgan fingerprint density at radius 2 is 1.92 bits per heavy atom. The van der Waals surface area contributed by atoms with Crippen LogP contribution in [-0.2, 0) is 9.59 Å². The molecule has 0 bridgehead atoms. The highest BCUT2D eigenvalue weighted by Gasteiger charge is 2.06. The van der Waals surface area contributed by atoms with Crippen LogP contribution in [0.15, 0.2) is 11.6 Å². The maximum Gasteiger partial charge on any atom is 0.142 e. The first-order valence-electron chi connectivity index (χ1n) is 4.21. The summed E-state index contributed by atoms with van der Waals surface area (Å²) in [5.74, 6) is 0.364. The maximum atomic E-state index is 11.1. The van der Waals surface area contributed by atoms with Gasteiger partial charge >= 0.3 is 0 Å². The van der Waals surface area contributed by atoms with Crippen molar-refractivity contribution in [3.8, 4) is 0 Å². The molecule has 0 aromatic carbocycles. The quantitative estimate of drug-likeness (QED) is 0.465. The Hall–Kier alpha value is -0.920. The van der Waals surface area contributed by atoms with E-state index in [0.29, 0.717) is 12.8 Å². The van der Waals surface area contributed by atoms with Crippen LogP contribution in [-0.4, -0.2) is 12.1 Å². The Morgan fingerprint density at radius 1 is 1.33 bits per heavy atom. The van der Waals surface area contributed by atoms with Crippen LogP contribution in [0.3, 0.4) is 0 Å². The molecule has 0 N–H and O–H groups in total. The van der Waals surface area contributed by atoms with Crippen molar-refractivity contribution in [3.05, 3.63) is 11.6 Å². The highest BCUT2D eigenvalue weighted by Crippen LogP contribution is 2.07. The molecule has 2 heteroatoms. The Labute approximate surface area is 73.7 Å². The van der Waals surface area contributed by atoms with E-state index < -0.39 is 0 Å². The number of carbonyl (C=O) groups excluding carboxylic acids is 2. The van der Waals surface area contributed by atoms with Crippen molar-refractivity contribution in [2.75, 3.05) is 0 Å². The average molecular weight is 168 g/mol. The summed E-state index contributed by atoms with van der Waals surface area (Å²) in [6.07, 6.45) is 3.52. The standard InChI is InChI=1S/C10H16O2/c1-8(2)10(12)5-4-9(3)6-7-11/h6-8H,4-5H2,1-3H3. The number of hydrogen-bond donors (Lipinski definition) is 0. The third kappa shape index (κ3) is 4.83. The van der Waals surface area contributed by atoms with Crippen LogP contribution >= 0.6 is 0 Å². The molecule has 0 unspecified atom stereocenters. The van der Waals surface area contributed by atoms with E-state index >= 15 is 0 Å². The second-order valence-electron chi connectivity index (χ2n) is 3.27. The fraction of sp³-hybridized carbons (Fsp3) is 0.600. The summed E-state index contributed by atoms with van der Waals surface area (Å²) >= 11 is 0. The van der Waals surface area contributed by atoms with Gasteiger partial charge in [0.15, 0.2) is 0 Å². The zero-order valence-corrected chi connectivity index (χ0v) is 7.96. The van der Waals surface area contributed by atoms with E-state index in [-0.39, 0.29) is 11.7 Å². The molecular formula is C10H16O2. The van der Waals surface area contributed by atoms with Crippen molar-refractivity contribution in [3.63, 3.8) is 0 Å². The summed E-state index contributed by atoms with van der Waals surface area (Å²) in [7, 11) is 0. The monoisotopic (exact) mass is 168 g/mol. The minimum absolute atomic E-state index is 0.106. The number of hydrogen-bond acceptors (Lipinski definition) is 2. The number of rotatable bonds is 5. The van der Waals surface area contributed by atoms with E-state index in [4.69, 9.17) is 0 Å². The topological polar surface area (TPSA) is 34.1 Å². The van der Waals surface area contributed by atoms with Gasteiger partial charge in [-0.1, -0.05) is 19.4 Å². The predicted octanol–water partition coefficient (Wildman–Crippen LogP) is 2.14.